The molecule has 0 saturated carbocycles. The van der Waals surface area contributed by atoms with Crippen LogP contribution in [0.15, 0.2) is 36.4 Å². The molecular weight excluding hydrogens is 559 g/mol. The lowest BCUT2D eigenvalue weighted by Crippen LogP contribution is -2.60. The molecule has 2 saturated heterocycles. The molecule has 0 aliphatic carbocycles. The molecule has 2 fully saturated rings. The molecule has 9 heteroatoms. The fraction of sp³-hybridized carbons (Fsp3) is 0.562. The zero-order chi connectivity index (χ0) is 29.8. The van der Waals surface area contributed by atoms with Gasteiger partial charge in [-0.3, -0.25) is 14.5 Å². The summed E-state index contributed by atoms with van der Waals surface area (Å²) in [4.78, 5) is 32.1. The maximum Gasteiger partial charge on any atom is 0.237 e. The second-order valence-corrected chi connectivity index (χ2v) is 12.6. The minimum atomic E-state index is -0.703. The van der Waals surface area contributed by atoms with E-state index < -0.39 is 11.1 Å². The molecule has 7 nitrogen and oxygen atoms in total. The number of aryl methyl sites for hydroxylation is 2. The van der Waals surface area contributed by atoms with Crippen molar-refractivity contribution in [2.75, 3.05) is 52.4 Å². The molecule has 0 spiro atoms. The molecule has 224 valence electrons. The van der Waals surface area contributed by atoms with Crippen LogP contribution in [-0.4, -0.2) is 84.5 Å². The molecule has 2 amide bonds. The second-order valence-electron chi connectivity index (χ2n) is 11.8. The molecule has 2 heterocycles. The minimum Gasteiger partial charge on any atom is -0.368 e. The minimum absolute atomic E-state index is 0.107. The van der Waals surface area contributed by atoms with Gasteiger partial charge in [0, 0.05) is 39.3 Å². The first-order valence-electron chi connectivity index (χ1n) is 14.7. The molecule has 2 N–H and O–H groups in total. The van der Waals surface area contributed by atoms with Gasteiger partial charge in [0.15, 0.2) is 0 Å². The lowest BCUT2D eigenvalue weighted by Gasteiger charge is -2.46. The maximum atomic E-state index is 13.7. The van der Waals surface area contributed by atoms with Crippen molar-refractivity contribution in [3.05, 3.63) is 68.7 Å². The third-order valence-corrected chi connectivity index (χ3v) is 9.61. The Morgan fingerprint density at radius 2 is 1.56 bits per heavy atom. The van der Waals surface area contributed by atoms with Crippen molar-refractivity contribution in [1.29, 1.82) is 0 Å². The summed E-state index contributed by atoms with van der Waals surface area (Å²) < 4.78 is 6.55. The Morgan fingerprint density at radius 1 is 0.927 bits per heavy atom. The number of piperazine rings is 1. The summed E-state index contributed by atoms with van der Waals surface area (Å²) in [6, 6.07) is 12.2. The number of carbonyl (C=O) groups excluding carboxylic acids is 2. The summed E-state index contributed by atoms with van der Waals surface area (Å²) in [5.41, 5.74) is 8.79. The van der Waals surface area contributed by atoms with Gasteiger partial charge in [-0.25, -0.2) is 0 Å². The molecule has 2 aromatic rings. The lowest BCUT2D eigenvalue weighted by atomic mass is 9.87. The fourth-order valence-corrected chi connectivity index (χ4v) is 6.21. The van der Waals surface area contributed by atoms with Crippen LogP contribution in [0.2, 0.25) is 10.0 Å². The van der Waals surface area contributed by atoms with Gasteiger partial charge in [-0.1, -0.05) is 61.3 Å². The number of hydrogen-bond acceptors (Lipinski definition) is 5. The highest BCUT2D eigenvalue weighted by molar-refractivity contribution is 6.42. The molecule has 0 bridgehead atoms. The van der Waals surface area contributed by atoms with E-state index in [4.69, 9.17) is 33.7 Å². The van der Waals surface area contributed by atoms with Crippen LogP contribution in [-0.2, 0) is 39.2 Å². The third-order valence-electron chi connectivity index (χ3n) is 8.87. The van der Waals surface area contributed by atoms with Crippen molar-refractivity contribution in [1.82, 2.24) is 14.7 Å². The van der Waals surface area contributed by atoms with Crippen LogP contribution < -0.4 is 5.73 Å². The van der Waals surface area contributed by atoms with Crippen LogP contribution in [0.3, 0.4) is 0 Å². The van der Waals surface area contributed by atoms with Crippen molar-refractivity contribution in [2.45, 2.75) is 64.5 Å². The molecule has 1 atom stereocenters. The monoisotopic (exact) mass is 602 g/mol. The summed E-state index contributed by atoms with van der Waals surface area (Å²) in [5.74, 6) is -0.201. The quantitative estimate of drug-likeness (QED) is 0.427. The van der Waals surface area contributed by atoms with Crippen molar-refractivity contribution < 1.29 is 14.3 Å². The molecular formula is C32H44Cl2N4O3. The number of rotatable bonds is 10. The van der Waals surface area contributed by atoms with E-state index in [9.17, 15) is 9.59 Å². The Bertz CT molecular complexity index is 1220. The van der Waals surface area contributed by atoms with Gasteiger partial charge < -0.3 is 20.3 Å². The Balaban J connectivity index is 1.51. The Kier molecular flexibility index (Phi) is 10.4. The van der Waals surface area contributed by atoms with E-state index >= 15 is 0 Å². The number of hydrogen-bond donors (Lipinski definition) is 1. The Hall–Kier alpha value is -2.16. The van der Waals surface area contributed by atoms with E-state index in [1.54, 1.807) is 6.07 Å². The van der Waals surface area contributed by atoms with Crippen molar-refractivity contribution in [2.24, 2.45) is 5.73 Å². The number of nitrogens with zero attached hydrogens (tertiary/aromatic N) is 3. The molecule has 0 radical (unpaired) electrons. The van der Waals surface area contributed by atoms with Crippen LogP contribution in [0.1, 0.15) is 56.4 Å². The second kappa shape index (κ2) is 13.4. The van der Waals surface area contributed by atoms with Crippen LogP contribution in [0.4, 0.5) is 0 Å². The van der Waals surface area contributed by atoms with Gasteiger partial charge in [-0.15, -0.1) is 0 Å². The average molecular weight is 604 g/mol. The molecule has 0 aromatic heterocycles. The van der Waals surface area contributed by atoms with Crippen molar-refractivity contribution >= 4 is 35.0 Å². The van der Waals surface area contributed by atoms with Gasteiger partial charge in [0.25, 0.3) is 0 Å². The van der Waals surface area contributed by atoms with Crippen molar-refractivity contribution in [3.63, 3.8) is 0 Å². The van der Waals surface area contributed by atoms with E-state index in [-0.39, 0.29) is 11.8 Å². The van der Waals surface area contributed by atoms with Gasteiger partial charge in [-0.2, -0.15) is 0 Å². The summed E-state index contributed by atoms with van der Waals surface area (Å²) in [5, 5.41) is 0.964. The summed E-state index contributed by atoms with van der Waals surface area (Å²) >= 11 is 12.7. The lowest BCUT2D eigenvalue weighted by molar-refractivity contribution is -0.154. The van der Waals surface area contributed by atoms with Gasteiger partial charge in [0.1, 0.15) is 5.60 Å². The van der Waals surface area contributed by atoms with E-state index in [1.165, 1.54) is 11.1 Å². The highest BCUT2D eigenvalue weighted by atomic mass is 35.5. The van der Waals surface area contributed by atoms with Crippen LogP contribution in [0.5, 0.6) is 0 Å². The van der Waals surface area contributed by atoms with E-state index in [0.717, 1.165) is 56.7 Å². The van der Waals surface area contributed by atoms with E-state index in [0.29, 0.717) is 42.6 Å². The Morgan fingerprint density at radius 3 is 2.15 bits per heavy atom. The first-order chi connectivity index (χ1) is 19.5. The summed E-state index contributed by atoms with van der Waals surface area (Å²) in [7, 11) is 0. The normalized spacial score (nSPS) is 20.8. The summed E-state index contributed by atoms with van der Waals surface area (Å²) in [6.07, 6.45) is 2.96. The highest BCUT2D eigenvalue weighted by Gasteiger charge is 2.41. The van der Waals surface area contributed by atoms with Crippen molar-refractivity contribution in [3.8, 4) is 0 Å². The standard InChI is InChI=1S/C32H44Cl2N4O3/c1-5-23-17-24(6-2)19-25(18-23)20-29(39)37-15-16-41-32(22-37,26-7-8-27(33)28(34)21-26)9-10-36-11-13-38(14-12-36)31(3,4)30(35)40/h7-8,17-19,21H,5-6,9-16,20,22H2,1-4H3,(H2,35,40). The first-order valence-corrected chi connectivity index (χ1v) is 15.5. The number of carbonyl (C=O) groups is 2. The van der Waals surface area contributed by atoms with Gasteiger partial charge in [0.05, 0.1) is 35.2 Å². The van der Waals surface area contributed by atoms with Gasteiger partial charge >= 0.3 is 0 Å². The SMILES string of the molecule is CCc1cc(CC)cc(CC(=O)N2CCOC(CCN3CCN(C(C)(C)C(N)=O)CC3)(c3ccc(Cl)c(Cl)c3)C2)c1. The van der Waals surface area contributed by atoms with E-state index in [2.05, 4.69) is 41.8 Å². The van der Waals surface area contributed by atoms with Gasteiger partial charge in [0.2, 0.25) is 11.8 Å². The van der Waals surface area contributed by atoms with Crippen LogP contribution in [0, 0.1) is 0 Å². The maximum absolute atomic E-state index is 13.7. The highest BCUT2D eigenvalue weighted by Crippen LogP contribution is 2.37. The number of benzene rings is 2. The van der Waals surface area contributed by atoms with Crippen LogP contribution in [0.25, 0.3) is 0 Å². The number of halogens is 2. The number of amides is 2. The largest absolute Gasteiger partial charge is 0.368 e. The number of ether oxygens (including phenoxy) is 1. The molecule has 41 heavy (non-hydrogen) atoms. The average Bonchev–Trinajstić information content (AvgIpc) is 2.97. The smallest absolute Gasteiger partial charge is 0.237 e. The molecule has 1 unspecified atom stereocenters. The predicted octanol–water partition coefficient (Wildman–Crippen LogP) is 4.69. The predicted molar refractivity (Wildman–Crippen MR) is 165 cm³/mol. The molecule has 4 rings (SSSR count). The summed E-state index contributed by atoms with van der Waals surface area (Å²) in [6.45, 7) is 13.5. The number of primary amides is 1. The fourth-order valence-electron chi connectivity index (χ4n) is 5.91. The number of nitrogens with two attached hydrogens (primary N) is 1. The van der Waals surface area contributed by atoms with E-state index in [1.807, 2.05) is 30.9 Å². The Labute approximate surface area is 254 Å². The third kappa shape index (κ3) is 7.44. The first kappa shape index (κ1) is 31.8. The van der Waals surface area contributed by atoms with Gasteiger partial charge in [-0.05, 0) is 67.5 Å². The molecule has 2 aromatic carbocycles. The molecule has 2 aliphatic heterocycles. The number of morpholine rings is 1. The molecule has 2 aliphatic rings. The zero-order valence-corrected chi connectivity index (χ0v) is 26.4. The zero-order valence-electron chi connectivity index (χ0n) is 24.8. The topological polar surface area (TPSA) is 79.1 Å². The van der Waals surface area contributed by atoms with Crippen LogP contribution >= 0.6 is 23.2 Å².